The van der Waals surface area contributed by atoms with E-state index in [1.807, 2.05) is 42.2 Å². The summed E-state index contributed by atoms with van der Waals surface area (Å²) in [5.41, 5.74) is 1.89. The van der Waals surface area contributed by atoms with E-state index in [0.29, 0.717) is 6.42 Å². The lowest BCUT2D eigenvalue weighted by Gasteiger charge is -2.25. The smallest absolute Gasteiger partial charge is 0.322 e. The maximum atomic E-state index is 12.6. The van der Waals surface area contributed by atoms with E-state index in [1.165, 1.54) is 11.3 Å². The van der Waals surface area contributed by atoms with Gasteiger partial charge in [0, 0.05) is 18.2 Å². The fraction of sp³-hybridized carbons (Fsp3) is 0.444. The molecular weight excluding hydrogens is 322 g/mol. The van der Waals surface area contributed by atoms with Gasteiger partial charge in [-0.05, 0) is 33.1 Å². The third kappa shape index (κ3) is 3.76. The first-order valence-corrected chi connectivity index (χ1v) is 9.15. The predicted octanol–water partition coefficient (Wildman–Crippen LogP) is 3.89. The molecule has 0 spiro atoms. The number of nitrogens with one attached hydrogen (secondary N) is 1. The van der Waals surface area contributed by atoms with Gasteiger partial charge in [-0.1, -0.05) is 41.7 Å². The van der Waals surface area contributed by atoms with Gasteiger partial charge in [-0.2, -0.15) is 0 Å². The van der Waals surface area contributed by atoms with E-state index < -0.39 is 6.10 Å². The molecule has 0 unspecified atom stereocenters. The second-order valence-electron chi connectivity index (χ2n) is 6.30. The Morgan fingerprint density at radius 2 is 2.21 bits per heavy atom. The first-order chi connectivity index (χ1) is 11.5. The van der Waals surface area contributed by atoms with Crippen LogP contribution in [-0.2, 0) is 0 Å². The summed E-state index contributed by atoms with van der Waals surface area (Å²) in [6.07, 6.45) is 2.18. The van der Waals surface area contributed by atoms with Crippen LogP contribution in [0, 0.1) is 6.92 Å². The number of carbonyl (C=O) groups is 1. The Kier molecular flexibility index (Phi) is 5.16. The monoisotopic (exact) mass is 345 g/mol. The summed E-state index contributed by atoms with van der Waals surface area (Å²) >= 11 is 1.50. The number of aromatic nitrogens is 1. The summed E-state index contributed by atoms with van der Waals surface area (Å²) in [4.78, 5) is 19.0. The molecular formula is C18H23N3O2S. The SMILES string of the molecule is Cc1nc(-c2ccccc2)sc1NC(=O)N1CCC[C@@H]1C[C@H](C)O. The van der Waals surface area contributed by atoms with Crippen molar-refractivity contribution in [3.63, 3.8) is 0 Å². The van der Waals surface area contributed by atoms with Crippen LogP contribution < -0.4 is 5.32 Å². The number of anilines is 1. The highest BCUT2D eigenvalue weighted by Crippen LogP contribution is 2.32. The number of rotatable bonds is 4. The lowest BCUT2D eigenvalue weighted by Crippen LogP contribution is -2.40. The van der Waals surface area contributed by atoms with Crippen molar-refractivity contribution in [2.45, 2.75) is 45.3 Å². The minimum atomic E-state index is -0.391. The Hall–Kier alpha value is -1.92. The summed E-state index contributed by atoms with van der Waals surface area (Å²) in [5.74, 6) is 0. The Morgan fingerprint density at radius 1 is 1.46 bits per heavy atom. The molecule has 0 saturated carbocycles. The van der Waals surface area contributed by atoms with E-state index in [2.05, 4.69) is 10.3 Å². The Balaban J connectivity index is 1.72. The van der Waals surface area contributed by atoms with E-state index in [1.54, 1.807) is 6.92 Å². The van der Waals surface area contributed by atoms with Crippen LogP contribution in [0.3, 0.4) is 0 Å². The molecule has 2 aromatic rings. The molecule has 1 saturated heterocycles. The lowest BCUT2D eigenvalue weighted by molar-refractivity contribution is 0.142. The quantitative estimate of drug-likeness (QED) is 0.883. The van der Waals surface area contributed by atoms with Crippen molar-refractivity contribution < 1.29 is 9.90 Å². The van der Waals surface area contributed by atoms with Crippen LogP contribution in [0.2, 0.25) is 0 Å². The molecule has 1 aromatic carbocycles. The number of benzene rings is 1. The molecule has 1 aliphatic heterocycles. The van der Waals surface area contributed by atoms with Gasteiger partial charge in [-0.25, -0.2) is 9.78 Å². The van der Waals surface area contributed by atoms with Crippen LogP contribution in [0.5, 0.6) is 0 Å². The number of amides is 2. The zero-order valence-electron chi connectivity index (χ0n) is 14.0. The molecule has 2 heterocycles. The molecule has 0 radical (unpaired) electrons. The van der Waals surface area contributed by atoms with Crippen LogP contribution in [-0.4, -0.2) is 39.7 Å². The van der Waals surface area contributed by atoms with Crippen molar-refractivity contribution in [3.05, 3.63) is 36.0 Å². The third-order valence-electron chi connectivity index (χ3n) is 4.29. The second kappa shape index (κ2) is 7.32. The van der Waals surface area contributed by atoms with Gasteiger partial charge >= 0.3 is 6.03 Å². The normalized spacial score (nSPS) is 18.6. The predicted molar refractivity (Wildman–Crippen MR) is 97.3 cm³/mol. The van der Waals surface area contributed by atoms with Crippen LogP contribution in [0.4, 0.5) is 9.80 Å². The van der Waals surface area contributed by atoms with Crippen LogP contribution in [0.25, 0.3) is 10.6 Å². The number of nitrogens with zero attached hydrogens (tertiary/aromatic N) is 2. The highest BCUT2D eigenvalue weighted by Gasteiger charge is 2.30. The van der Waals surface area contributed by atoms with E-state index in [0.717, 1.165) is 40.7 Å². The second-order valence-corrected chi connectivity index (χ2v) is 7.30. The number of aryl methyl sites for hydroxylation is 1. The molecule has 24 heavy (non-hydrogen) atoms. The summed E-state index contributed by atoms with van der Waals surface area (Å²) in [6.45, 7) is 4.43. The van der Waals surface area contributed by atoms with Gasteiger partial charge in [-0.15, -0.1) is 0 Å². The molecule has 0 aliphatic carbocycles. The maximum Gasteiger partial charge on any atom is 0.322 e. The number of aliphatic hydroxyl groups is 1. The molecule has 128 valence electrons. The Morgan fingerprint density at radius 3 is 2.92 bits per heavy atom. The Labute approximate surface area is 146 Å². The highest BCUT2D eigenvalue weighted by molar-refractivity contribution is 7.19. The van der Waals surface area contributed by atoms with Gasteiger partial charge in [0.25, 0.3) is 0 Å². The fourth-order valence-electron chi connectivity index (χ4n) is 3.13. The van der Waals surface area contributed by atoms with Crippen molar-refractivity contribution in [3.8, 4) is 10.6 Å². The zero-order valence-corrected chi connectivity index (χ0v) is 14.8. The van der Waals surface area contributed by atoms with Crippen LogP contribution >= 0.6 is 11.3 Å². The third-order valence-corrected chi connectivity index (χ3v) is 5.41. The summed E-state index contributed by atoms with van der Waals surface area (Å²) < 4.78 is 0. The fourth-order valence-corrected chi connectivity index (χ4v) is 4.09. The molecule has 5 nitrogen and oxygen atoms in total. The van der Waals surface area contributed by atoms with Crippen molar-refractivity contribution in [2.75, 3.05) is 11.9 Å². The topological polar surface area (TPSA) is 65.5 Å². The summed E-state index contributed by atoms with van der Waals surface area (Å²) in [5, 5.41) is 14.3. The van der Waals surface area contributed by atoms with Gasteiger partial charge in [0.15, 0.2) is 0 Å². The number of carbonyl (C=O) groups excluding carboxylic acids is 1. The van der Waals surface area contributed by atoms with Gasteiger partial charge in [0.2, 0.25) is 0 Å². The van der Waals surface area contributed by atoms with Crippen molar-refractivity contribution in [2.24, 2.45) is 0 Å². The molecule has 3 rings (SSSR count). The first kappa shape index (κ1) is 16.9. The van der Waals surface area contributed by atoms with Gasteiger partial charge < -0.3 is 10.0 Å². The van der Waals surface area contributed by atoms with E-state index >= 15 is 0 Å². The van der Waals surface area contributed by atoms with Crippen molar-refractivity contribution in [1.29, 1.82) is 0 Å². The minimum Gasteiger partial charge on any atom is -0.393 e. The van der Waals surface area contributed by atoms with E-state index in [-0.39, 0.29) is 12.1 Å². The number of thiazole rings is 1. The largest absolute Gasteiger partial charge is 0.393 e. The number of urea groups is 1. The number of aliphatic hydroxyl groups excluding tert-OH is 1. The molecule has 6 heteroatoms. The maximum absolute atomic E-state index is 12.6. The Bertz CT molecular complexity index is 700. The van der Waals surface area contributed by atoms with Gasteiger partial charge in [0.05, 0.1) is 11.8 Å². The molecule has 2 atom stereocenters. The van der Waals surface area contributed by atoms with Crippen molar-refractivity contribution in [1.82, 2.24) is 9.88 Å². The van der Waals surface area contributed by atoms with Crippen LogP contribution in [0.1, 0.15) is 31.9 Å². The number of likely N-dealkylation sites (tertiary alicyclic amines) is 1. The standard InChI is InChI=1S/C18H23N3O2S/c1-12(22)11-15-9-6-10-21(15)18(23)20-16-13(2)19-17(24-16)14-7-4-3-5-8-14/h3-5,7-8,12,15,22H,6,9-11H2,1-2H3,(H,20,23)/t12-,15+/m0/s1. The average Bonchev–Trinajstić information content (AvgIpc) is 3.15. The van der Waals surface area contributed by atoms with E-state index in [9.17, 15) is 9.90 Å². The van der Waals surface area contributed by atoms with Gasteiger partial charge in [-0.3, -0.25) is 5.32 Å². The molecule has 2 amide bonds. The number of hydrogen-bond acceptors (Lipinski definition) is 4. The molecule has 2 N–H and O–H groups in total. The lowest BCUT2D eigenvalue weighted by atomic mass is 10.1. The summed E-state index contributed by atoms with van der Waals surface area (Å²) in [6, 6.07) is 10.00. The number of hydrogen-bond donors (Lipinski definition) is 2. The average molecular weight is 345 g/mol. The molecule has 0 bridgehead atoms. The molecule has 1 aromatic heterocycles. The minimum absolute atomic E-state index is 0.0930. The molecule has 1 fully saturated rings. The van der Waals surface area contributed by atoms with E-state index in [4.69, 9.17) is 0 Å². The summed E-state index contributed by atoms with van der Waals surface area (Å²) in [7, 11) is 0. The van der Waals surface area contributed by atoms with Gasteiger partial charge in [0.1, 0.15) is 10.0 Å². The van der Waals surface area contributed by atoms with Crippen LogP contribution in [0.15, 0.2) is 30.3 Å². The molecule has 1 aliphatic rings. The first-order valence-electron chi connectivity index (χ1n) is 8.33. The zero-order chi connectivity index (χ0) is 17.1. The van der Waals surface area contributed by atoms with Crippen molar-refractivity contribution >= 4 is 22.4 Å². The highest BCUT2D eigenvalue weighted by atomic mass is 32.1.